The Balaban J connectivity index is 1.00. The van der Waals surface area contributed by atoms with E-state index in [9.17, 15) is 0 Å². The summed E-state index contributed by atoms with van der Waals surface area (Å²) < 4.78 is 0. The topological polar surface area (TPSA) is 38.7 Å². The van der Waals surface area contributed by atoms with E-state index in [0.29, 0.717) is 17.5 Å². The predicted molar refractivity (Wildman–Crippen MR) is 222 cm³/mol. The Hall–Kier alpha value is -6.97. The number of hydrogen-bond acceptors (Lipinski definition) is 3. The van der Waals surface area contributed by atoms with E-state index < -0.39 is 0 Å². The van der Waals surface area contributed by atoms with Crippen LogP contribution >= 0.6 is 0 Å². The van der Waals surface area contributed by atoms with Crippen molar-refractivity contribution >= 4 is 43.1 Å². The number of hydrogen-bond donors (Lipinski definition) is 0. The number of aryl methyl sites for hydroxylation is 1. The highest BCUT2D eigenvalue weighted by Crippen LogP contribution is 2.38. The fourth-order valence-electron chi connectivity index (χ4n) is 7.73. The lowest BCUT2D eigenvalue weighted by Crippen LogP contribution is -2.00. The van der Waals surface area contributed by atoms with E-state index in [-0.39, 0.29) is 0 Å². The van der Waals surface area contributed by atoms with E-state index in [1.807, 2.05) is 30.3 Å². The molecule has 0 unspecified atom stereocenters. The van der Waals surface area contributed by atoms with E-state index in [0.717, 1.165) is 27.6 Å². The lowest BCUT2D eigenvalue weighted by atomic mass is 9.91. The monoisotopic (exact) mass is 675 g/mol. The molecule has 0 aliphatic heterocycles. The molecule has 0 atom stereocenters. The molecule has 0 N–H and O–H groups in total. The standard InChI is InChI=1S/C50H33N3/c1-32-29-38(39-26-28-46-44-17-8-7-15-42(44)43-16-9-10-18-45(43)47(46)31-39)25-27-41(32)34-20-22-36(23-21-34)49-51-48(35-12-3-2-4-13-35)52-50(53-49)40-24-19-33-11-5-6-14-37(33)30-40/h2-31H,1H3. The Morgan fingerprint density at radius 3 is 1.40 bits per heavy atom. The molecule has 0 aliphatic carbocycles. The van der Waals surface area contributed by atoms with Crippen LogP contribution in [0.25, 0.3) is 99.5 Å². The Labute approximate surface area is 307 Å². The van der Waals surface area contributed by atoms with Crippen LogP contribution in [0, 0.1) is 6.92 Å². The molecule has 0 saturated carbocycles. The average molecular weight is 676 g/mol. The van der Waals surface area contributed by atoms with Crippen LogP contribution in [-0.4, -0.2) is 15.0 Å². The fourth-order valence-corrected chi connectivity index (χ4v) is 7.73. The van der Waals surface area contributed by atoms with Crippen molar-refractivity contribution in [1.82, 2.24) is 15.0 Å². The smallest absolute Gasteiger partial charge is 0.164 e. The first-order valence-corrected chi connectivity index (χ1v) is 18.0. The van der Waals surface area contributed by atoms with Crippen LogP contribution in [-0.2, 0) is 0 Å². The van der Waals surface area contributed by atoms with Crippen molar-refractivity contribution in [2.24, 2.45) is 0 Å². The van der Waals surface area contributed by atoms with Gasteiger partial charge in [-0.2, -0.15) is 0 Å². The molecule has 0 fully saturated rings. The van der Waals surface area contributed by atoms with Gasteiger partial charge < -0.3 is 0 Å². The Morgan fingerprint density at radius 1 is 0.283 bits per heavy atom. The highest BCUT2D eigenvalue weighted by molar-refractivity contribution is 6.25. The Bertz CT molecular complexity index is 2970. The average Bonchev–Trinajstić information content (AvgIpc) is 3.23. The van der Waals surface area contributed by atoms with Gasteiger partial charge in [-0.25, -0.2) is 15.0 Å². The molecule has 10 aromatic rings. The van der Waals surface area contributed by atoms with Crippen molar-refractivity contribution in [3.8, 4) is 56.4 Å². The maximum atomic E-state index is 5.01. The van der Waals surface area contributed by atoms with Crippen molar-refractivity contribution in [3.05, 3.63) is 188 Å². The molecule has 1 heterocycles. The maximum Gasteiger partial charge on any atom is 0.164 e. The molecular formula is C50H33N3. The third kappa shape index (κ3) is 5.51. The lowest BCUT2D eigenvalue weighted by Gasteiger charge is -2.13. The van der Waals surface area contributed by atoms with Crippen molar-refractivity contribution in [1.29, 1.82) is 0 Å². The second kappa shape index (κ2) is 12.7. The number of fused-ring (bicyclic) bond motifs is 7. The minimum Gasteiger partial charge on any atom is -0.208 e. The molecule has 3 heteroatoms. The summed E-state index contributed by atoms with van der Waals surface area (Å²) in [5, 5.41) is 10.1. The van der Waals surface area contributed by atoms with Gasteiger partial charge in [-0.15, -0.1) is 0 Å². The van der Waals surface area contributed by atoms with Gasteiger partial charge in [0.15, 0.2) is 17.5 Å². The van der Waals surface area contributed by atoms with Gasteiger partial charge in [-0.3, -0.25) is 0 Å². The normalized spacial score (nSPS) is 11.5. The Morgan fingerprint density at radius 2 is 0.736 bits per heavy atom. The van der Waals surface area contributed by atoms with Crippen LogP contribution in [0.15, 0.2) is 182 Å². The minimum absolute atomic E-state index is 0.650. The zero-order chi connectivity index (χ0) is 35.3. The van der Waals surface area contributed by atoms with E-state index in [1.54, 1.807) is 0 Å². The molecule has 0 spiro atoms. The Kier molecular flexibility index (Phi) is 7.36. The molecule has 0 bridgehead atoms. The van der Waals surface area contributed by atoms with Crippen LogP contribution in [0.4, 0.5) is 0 Å². The highest BCUT2D eigenvalue weighted by atomic mass is 15.0. The highest BCUT2D eigenvalue weighted by Gasteiger charge is 2.14. The van der Waals surface area contributed by atoms with Crippen LogP contribution < -0.4 is 0 Å². The number of nitrogens with zero attached hydrogens (tertiary/aromatic N) is 3. The zero-order valence-corrected chi connectivity index (χ0v) is 29.2. The number of rotatable bonds is 5. The molecule has 0 aliphatic rings. The van der Waals surface area contributed by atoms with E-state index >= 15 is 0 Å². The molecule has 1 aromatic heterocycles. The first kappa shape index (κ1) is 30.8. The second-order valence-electron chi connectivity index (χ2n) is 13.7. The fraction of sp³-hybridized carbons (Fsp3) is 0.0200. The third-order valence-electron chi connectivity index (χ3n) is 10.4. The minimum atomic E-state index is 0.650. The molecule has 0 radical (unpaired) electrons. The predicted octanol–water partition coefficient (Wildman–Crippen LogP) is 13.1. The molecule has 9 aromatic carbocycles. The van der Waals surface area contributed by atoms with Crippen molar-refractivity contribution < 1.29 is 0 Å². The van der Waals surface area contributed by atoms with E-state index in [2.05, 4.69) is 159 Å². The molecular weight excluding hydrogens is 643 g/mol. The van der Waals surface area contributed by atoms with Gasteiger partial charge in [0.2, 0.25) is 0 Å². The largest absolute Gasteiger partial charge is 0.208 e. The van der Waals surface area contributed by atoms with E-state index in [4.69, 9.17) is 15.0 Å². The summed E-state index contributed by atoms with van der Waals surface area (Å²) in [5.41, 5.74) is 8.87. The van der Waals surface area contributed by atoms with Gasteiger partial charge in [-0.05, 0) is 90.0 Å². The summed E-state index contributed by atoms with van der Waals surface area (Å²) in [6.07, 6.45) is 0. The number of aromatic nitrogens is 3. The molecule has 3 nitrogen and oxygen atoms in total. The second-order valence-corrected chi connectivity index (χ2v) is 13.7. The molecule has 0 saturated heterocycles. The summed E-state index contributed by atoms with van der Waals surface area (Å²) in [6, 6.07) is 64.6. The summed E-state index contributed by atoms with van der Waals surface area (Å²) in [7, 11) is 0. The van der Waals surface area contributed by atoms with Crippen molar-refractivity contribution in [2.75, 3.05) is 0 Å². The summed E-state index contributed by atoms with van der Waals surface area (Å²) in [4.78, 5) is 14.9. The van der Waals surface area contributed by atoms with Crippen LogP contribution in [0.2, 0.25) is 0 Å². The van der Waals surface area contributed by atoms with Gasteiger partial charge in [-0.1, -0.05) is 170 Å². The van der Waals surface area contributed by atoms with Crippen LogP contribution in [0.5, 0.6) is 0 Å². The maximum absolute atomic E-state index is 5.01. The molecule has 248 valence electrons. The van der Waals surface area contributed by atoms with E-state index in [1.165, 1.54) is 60.0 Å². The van der Waals surface area contributed by atoms with Gasteiger partial charge >= 0.3 is 0 Å². The van der Waals surface area contributed by atoms with Crippen LogP contribution in [0.1, 0.15) is 5.56 Å². The van der Waals surface area contributed by atoms with Gasteiger partial charge in [0.05, 0.1) is 0 Å². The summed E-state index contributed by atoms with van der Waals surface area (Å²) in [6.45, 7) is 2.20. The zero-order valence-electron chi connectivity index (χ0n) is 29.2. The van der Waals surface area contributed by atoms with Gasteiger partial charge in [0.25, 0.3) is 0 Å². The van der Waals surface area contributed by atoms with Gasteiger partial charge in [0, 0.05) is 16.7 Å². The van der Waals surface area contributed by atoms with Gasteiger partial charge in [0.1, 0.15) is 0 Å². The summed E-state index contributed by atoms with van der Waals surface area (Å²) in [5.74, 6) is 1.96. The molecule has 0 amide bonds. The summed E-state index contributed by atoms with van der Waals surface area (Å²) >= 11 is 0. The SMILES string of the molecule is Cc1cc(-c2ccc3c4ccccc4c4ccccc4c3c2)ccc1-c1ccc(-c2nc(-c3ccccc3)nc(-c3ccc4ccccc4c3)n2)cc1. The number of benzene rings is 9. The molecule has 53 heavy (non-hydrogen) atoms. The van der Waals surface area contributed by atoms with Crippen LogP contribution in [0.3, 0.4) is 0 Å². The quantitative estimate of drug-likeness (QED) is 0.170. The first-order valence-electron chi connectivity index (χ1n) is 18.0. The van der Waals surface area contributed by atoms with Crippen molar-refractivity contribution in [2.45, 2.75) is 6.92 Å². The van der Waals surface area contributed by atoms with Crippen molar-refractivity contribution in [3.63, 3.8) is 0 Å². The molecule has 10 rings (SSSR count). The first-order chi connectivity index (χ1) is 26.2. The third-order valence-corrected chi connectivity index (χ3v) is 10.4. The lowest BCUT2D eigenvalue weighted by molar-refractivity contribution is 1.07.